The SMILES string of the molecule is OCC(O)c1cccc(SC(F)F)c1. The Balaban J connectivity index is 2.78. The Morgan fingerprint density at radius 3 is 2.64 bits per heavy atom. The molecule has 0 bridgehead atoms. The van der Waals surface area contributed by atoms with Gasteiger partial charge < -0.3 is 10.2 Å². The first-order chi connectivity index (χ1) is 6.63. The zero-order chi connectivity index (χ0) is 10.6. The van der Waals surface area contributed by atoms with Crippen molar-refractivity contribution in [2.75, 3.05) is 6.61 Å². The highest BCUT2D eigenvalue weighted by molar-refractivity contribution is 7.99. The maximum Gasteiger partial charge on any atom is 0.288 e. The van der Waals surface area contributed by atoms with E-state index in [1.54, 1.807) is 12.1 Å². The highest BCUT2D eigenvalue weighted by Crippen LogP contribution is 2.27. The number of hydrogen-bond donors (Lipinski definition) is 2. The molecular formula is C9H10F2O2S. The predicted molar refractivity (Wildman–Crippen MR) is 50.3 cm³/mol. The van der Waals surface area contributed by atoms with Crippen molar-refractivity contribution in [3.8, 4) is 0 Å². The molecule has 78 valence electrons. The Morgan fingerprint density at radius 2 is 2.07 bits per heavy atom. The van der Waals surface area contributed by atoms with Crippen molar-refractivity contribution in [1.29, 1.82) is 0 Å². The van der Waals surface area contributed by atoms with E-state index in [0.717, 1.165) is 0 Å². The lowest BCUT2D eigenvalue weighted by molar-refractivity contribution is 0.0954. The van der Waals surface area contributed by atoms with Gasteiger partial charge in [-0.15, -0.1) is 0 Å². The Labute approximate surface area is 84.6 Å². The first-order valence-corrected chi connectivity index (χ1v) is 4.85. The third kappa shape index (κ3) is 3.25. The van der Waals surface area contributed by atoms with Gasteiger partial charge in [0.25, 0.3) is 5.76 Å². The van der Waals surface area contributed by atoms with Crippen molar-refractivity contribution in [3.63, 3.8) is 0 Å². The standard InChI is InChI=1S/C9H10F2O2S/c10-9(11)14-7-3-1-2-6(4-7)8(13)5-12/h1-4,8-9,12-13H,5H2. The molecule has 0 radical (unpaired) electrons. The van der Waals surface area contributed by atoms with E-state index in [1.807, 2.05) is 0 Å². The van der Waals surface area contributed by atoms with Crippen LogP contribution >= 0.6 is 11.8 Å². The first-order valence-electron chi connectivity index (χ1n) is 3.97. The van der Waals surface area contributed by atoms with Gasteiger partial charge >= 0.3 is 0 Å². The Bertz CT molecular complexity index is 294. The molecule has 0 saturated heterocycles. The third-order valence-corrected chi connectivity index (χ3v) is 2.35. The molecule has 0 heterocycles. The van der Waals surface area contributed by atoms with Crippen molar-refractivity contribution in [2.45, 2.75) is 16.8 Å². The molecule has 1 unspecified atom stereocenters. The van der Waals surface area contributed by atoms with Gasteiger partial charge in [-0.3, -0.25) is 0 Å². The molecule has 0 aliphatic carbocycles. The van der Waals surface area contributed by atoms with Gasteiger partial charge in [-0.1, -0.05) is 23.9 Å². The summed E-state index contributed by atoms with van der Waals surface area (Å²) in [6.45, 7) is -0.414. The van der Waals surface area contributed by atoms with E-state index >= 15 is 0 Å². The van der Waals surface area contributed by atoms with Crippen molar-refractivity contribution >= 4 is 11.8 Å². The van der Waals surface area contributed by atoms with E-state index in [1.165, 1.54) is 12.1 Å². The van der Waals surface area contributed by atoms with Crippen molar-refractivity contribution in [1.82, 2.24) is 0 Å². The molecule has 1 aromatic carbocycles. The highest BCUT2D eigenvalue weighted by Gasteiger charge is 2.09. The average Bonchev–Trinajstić information content (AvgIpc) is 2.16. The summed E-state index contributed by atoms with van der Waals surface area (Å²) in [7, 11) is 0. The van der Waals surface area contributed by atoms with E-state index in [2.05, 4.69) is 0 Å². The quantitative estimate of drug-likeness (QED) is 0.763. The molecule has 1 atom stereocenters. The minimum atomic E-state index is -2.48. The van der Waals surface area contributed by atoms with Gasteiger partial charge in [0.05, 0.1) is 6.61 Å². The third-order valence-electron chi connectivity index (χ3n) is 1.64. The molecule has 0 spiro atoms. The van der Waals surface area contributed by atoms with Gasteiger partial charge in [-0.25, -0.2) is 0 Å². The van der Waals surface area contributed by atoms with Crippen LogP contribution in [0.25, 0.3) is 0 Å². The molecule has 0 aliphatic rings. The summed E-state index contributed by atoms with van der Waals surface area (Å²) in [4.78, 5) is 0.380. The van der Waals surface area contributed by atoms with Crippen LogP contribution in [0.1, 0.15) is 11.7 Å². The van der Waals surface area contributed by atoms with E-state index in [0.29, 0.717) is 22.2 Å². The topological polar surface area (TPSA) is 40.5 Å². The normalized spacial score (nSPS) is 13.2. The van der Waals surface area contributed by atoms with Crippen LogP contribution < -0.4 is 0 Å². The molecule has 5 heteroatoms. The van der Waals surface area contributed by atoms with E-state index < -0.39 is 18.5 Å². The Morgan fingerprint density at radius 1 is 1.36 bits per heavy atom. The number of thioether (sulfide) groups is 1. The van der Waals surface area contributed by atoms with Gasteiger partial charge in [-0.05, 0) is 17.7 Å². The van der Waals surface area contributed by atoms with Crippen molar-refractivity contribution < 1.29 is 19.0 Å². The number of aliphatic hydroxyl groups is 2. The van der Waals surface area contributed by atoms with Crippen molar-refractivity contribution in [3.05, 3.63) is 29.8 Å². The zero-order valence-electron chi connectivity index (χ0n) is 7.23. The zero-order valence-corrected chi connectivity index (χ0v) is 8.05. The van der Waals surface area contributed by atoms with Gasteiger partial charge in [0.1, 0.15) is 6.10 Å². The Hall–Kier alpha value is -0.650. The second-order valence-corrected chi connectivity index (χ2v) is 3.71. The lowest BCUT2D eigenvalue weighted by atomic mass is 10.1. The fourth-order valence-electron chi connectivity index (χ4n) is 1.00. The monoisotopic (exact) mass is 220 g/mol. The summed E-state index contributed by atoms with van der Waals surface area (Å²) < 4.78 is 24.0. The molecule has 1 aromatic rings. The largest absolute Gasteiger partial charge is 0.393 e. The van der Waals surface area contributed by atoms with Crippen LogP contribution in [0.4, 0.5) is 8.78 Å². The van der Waals surface area contributed by atoms with E-state index in [-0.39, 0.29) is 0 Å². The van der Waals surface area contributed by atoms with Crippen LogP contribution in [0.15, 0.2) is 29.2 Å². The van der Waals surface area contributed by atoms with Crippen LogP contribution in [0.3, 0.4) is 0 Å². The lowest BCUT2D eigenvalue weighted by Crippen LogP contribution is -2.02. The molecule has 0 aliphatic heterocycles. The van der Waals surface area contributed by atoms with Crippen molar-refractivity contribution in [2.24, 2.45) is 0 Å². The van der Waals surface area contributed by atoms with Crippen LogP contribution in [0.2, 0.25) is 0 Å². The molecule has 1 rings (SSSR count). The van der Waals surface area contributed by atoms with Crippen LogP contribution in [-0.4, -0.2) is 22.6 Å². The lowest BCUT2D eigenvalue weighted by Gasteiger charge is -2.08. The average molecular weight is 220 g/mol. The first kappa shape index (κ1) is 11.4. The predicted octanol–water partition coefficient (Wildman–Crippen LogP) is 2.03. The number of hydrogen-bond acceptors (Lipinski definition) is 3. The molecule has 14 heavy (non-hydrogen) atoms. The number of aliphatic hydroxyl groups excluding tert-OH is 2. The molecule has 2 N–H and O–H groups in total. The fourth-order valence-corrected chi connectivity index (χ4v) is 1.57. The number of alkyl halides is 2. The molecular weight excluding hydrogens is 210 g/mol. The van der Waals surface area contributed by atoms with E-state index in [9.17, 15) is 13.9 Å². The maximum atomic E-state index is 12.0. The second kappa shape index (κ2) is 5.29. The Kier molecular flexibility index (Phi) is 4.31. The maximum absolute atomic E-state index is 12.0. The van der Waals surface area contributed by atoms with Gasteiger partial charge in [-0.2, -0.15) is 8.78 Å². The van der Waals surface area contributed by atoms with Gasteiger partial charge in [0.15, 0.2) is 0 Å². The molecule has 0 aromatic heterocycles. The van der Waals surface area contributed by atoms with Crippen LogP contribution in [0.5, 0.6) is 0 Å². The highest BCUT2D eigenvalue weighted by atomic mass is 32.2. The molecule has 2 nitrogen and oxygen atoms in total. The van der Waals surface area contributed by atoms with Gasteiger partial charge in [0, 0.05) is 4.90 Å². The van der Waals surface area contributed by atoms with Crippen LogP contribution in [-0.2, 0) is 0 Å². The molecule has 0 fully saturated rings. The smallest absolute Gasteiger partial charge is 0.288 e. The fraction of sp³-hybridized carbons (Fsp3) is 0.333. The minimum Gasteiger partial charge on any atom is -0.393 e. The number of rotatable bonds is 4. The van der Waals surface area contributed by atoms with E-state index in [4.69, 9.17) is 5.11 Å². The number of halogens is 2. The summed E-state index contributed by atoms with van der Waals surface area (Å²) in [5.74, 6) is -2.48. The molecule has 0 amide bonds. The summed E-state index contributed by atoms with van der Waals surface area (Å²) in [6, 6.07) is 6.12. The second-order valence-electron chi connectivity index (χ2n) is 2.65. The number of benzene rings is 1. The minimum absolute atomic E-state index is 0.380. The van der Waals surface area contributed by atoms with Crippen LogP contribution in [0, 0.1) is 0 Å². The summed E-state index contributed by atoms with van der Waals surface area (Å²) in [6.07, 6.45) is -1.01. The summed E-state index contributed by atoms with van der Waals surface area (Å²) in [5.41, 5.74) is 0.443. The van der Waals surface area contributed by atoms with Gasteiger partial charge in [0.2, 0.25) is 0 Å². The summed E-state index contributed by atoms with van der Waals surface area (Å²) >= 11 is 0.414. The molecule has 0 saturated carbocycles. The summed E-state index contributed by atoms with van der Waals surface area (Å²) in [5, 5.41) is 17.9.